The minimum absolute atomic E-state index is 0.0222. The van der Waals surface area contributed by atoms with Crippen LogP contribution in [0.25, 0.3) is 0 Å². The molecule has 0 aromatic heterocycles. The van der Waals surface area contributed by atoms with Crippen molar-refractivity contribution >= 4 is 12.3 Å². The highest BCUT2D eigenvalue weighted by Gasteiger charge is 2.66. The van der Waals surface area contributed by atoms with Crippen LogP contribution in [-0.2, 0) is 19.1 Å². The van der Waals surface area contributed by atoms with Gasteiger partial charge < -0.3 is 9.47 Å². The standard InChI is InChI=1S/C25H36O4/c1-15(2)18-9-7-16(3)13-19(18)28-22-21-17(14-26)8-10-20-24(4,5)11-6-12-25(20,21)23(27)29-22/h6,8,12,14-16,18-22H,7,9-11,13H2,1-5H3/t16-,18+,19-,20-,21+,22-,25+/m0/s1. The molecule has 0 aromatic rings. The van der Waals surface area contributed by atoms with Crippen LogP contribution < -0.4 is 0 Å². The minimum Gasteiger partial charge on any atom is -0.434 e. The number of aldehydes is 1. The molecule has 4 aliphatic rings. The third-order valence-electron chi connectivity index (χ3n) is 8.28. The first-order valence-corrected chi connectivity index (χ1v) is 11.4. The first-order chi connectivity index (χ1) is 13.7. The lowest BCUT2D eigenvalue weighted by molar-refractivity contribution is -0.193. The van der Waals surface area contributed by atoms with E-state index in [0.717, 1.165) is 32.0 Å². The van der Waals surface area contributed by atoms with Gasteiger partial charge in [0.1, 0.15) is 11.7 Å². The van der Waals surface area contributed by atoms with Crippen molar-refractivity contribution in [3.8, 4) is 0 Å². The van der Waals surface area contributed by atoms with Crippen LogP contribution in [0.4, 0.5) is 0 Å². The van der Waals surface area contributed by atoms with Crippen LogP contribution in [0.2, 0.25) is 0 Å². The molecule has 1 spiro atoms. The molecule has 0 unspecified atom stereocenters. The quantitative estimate of drug-likeness (QED) is 0.375. The van der Waals surface area contributed by atoms with Gasteiger partial charge in [0, 0.05) is 0 Å². The summed E-state index contributed by atoms with van der Waals surface area (Å²) in [6, 6.07) is 0. The molecule has 4 nitrogen and oxygen atoms in total. The molecule has 0 radical (unpaired) electrons. The number of ether oxygens (including phenoxy) is 2. The zero-order chi connectivity index (χ0) is 21.0. The van der Waals surface area contributed by atoms with Crippen LogP contribution in [0.15, 0.2) is 23.8 Å². The summed E-state index contributed by atoms with van der Waals surface area (Å²) in [7, 11) is 0. The molecule has 2 fully saturated rings. The first kappa shape index (κ1) is 20.8. The number of cyclic esters (lactones) is 1. The molecule has 0 amide bonds. The molecule has 4 rings (SSSR count). The summed E-state index contributed by atoms with van der Waals surface area (Å²) < 4.78 is 12.6. The summed E-state index contributed by atoms with van der Waals surface area (Å²) in [5.74, 6) is 1.16. The van der Waals surface area contributed by atoms with Gasteiger partial charge in [-0.15, -0.1) is 0 Å². The molecular weight excluding hydrogens is 364 g/mol. The highest BCUT2D eigenvalue weighted by Crippen LogP contribution is 2.61. The molecular formula is C25H36O4. The van der Waals surface area contributed by atoms with E-state index in [-0.39, 0.29) is 29.3 Å². The fraction of sp³-hybridized carbons (Fsp3) is 0.760. The lowest BCUT2D eigenvalue weighted by Crippen LogP contribution is -2.51. The lowest BCUT2D eigenvalue weighted by atomic mass is 9.51. The van der Waals surface area contributed by atoms with Crippen LogP contribution >= 0.6 is 0 Å². The SMILES string of the molecule is CC(C)[C@H]1CC[C@H](C)C[C@@H]1O[C@H]1OC(=O)[C@]23C=CCC(C)(C)[C@@H]2CC=C(C=O)[C@H]13. The average Bonchev–Trinajstić information content (AvgIpc) is 2.92. The van der Waals surface area contributed by atoms with E-state index >= 15 is 0 Å². The van der Waals surface area contributed by atoms with E-state index in [0.29, 0.717) is 23.3 Å². The zero-order valence-corrected chi connectivity index (χ0v) is 18.5. The van der Waals surface area contributed by atoms with Crippen molar-refractivity contribution in [3.63, 3.8) is 0 Å². The maximum absolute atomic E-state index is 13.3. The van der Waals surface area contributed by atoms with Crippen LogP contribution in [0, 0.1) is 40.4 Å². The molecule has 1 saturated heterocycles. The maximum Gasteiger partial charge on any atom is 0.319 e. The van der Waals surface area contributed by atoms with Crippen molar-refractivity contribution in [1.29, 1.82) is 0 Å². The number of hydrogen-bond acceptors (Lipinski definition) is 4. The summed E-state index contributed by atoms with van der Waals surface area (Å²) in [5, 5.41) is 0. The molecule has 4 heteroatoms. The Balaban J connectivity index is 1.69. The van der Waals surface area contributed by atoms with Gasteiger partial charge in [-0.1, -0.05) is 59.3 Å². The number of rotatable bonds is 4. The molecule has 3 aliphatic carbocycles. The molecule has 29 heavy (non-hydrogen) atoms. The fourth-order valence-electron chi connectivity index (χ4n) is 6.62. The fourth-order valence-corrected chi connectivity index (χ4v) is 6.62. The molecule has 1 saturated carbocycles. The van der Waals surface area contributed by atoms with Crippen molar-refractivity contribution in [2.45, 2.75) is 79.1 Å². The second kappa shape index (κ2) is 7.37. The third kappa shape index (κ3) is 3.22. The van der Waals surface area contributed by atoms with E-state index in [2.05, 4.69) is 40.7 Å². The van der Waals surface area contributed by atoms with Crippen LogP contribution in [0.1, 0.15) is 66.7 Å². The van der Waals surface area contributed by atoms with Crippen molar-refractivity contribution < 1.29 is 19.1 Å². The van der Waals surface area contributed by atoms with Crippen LogP contribution in [0.3, 0.4) is 0 Å². The Morgan fingerprint density at radius 1 is 1.28 bits per heavy atom. The van der Waals surface area contributed by atoms with Gasteiger partial charge in [-0.3, -0.25) is 9.59 Å². The Morgan fingerprint density at radius 2 is 2.03 bits per heavy atom. The normalized spacial score (nSPS) is 43.4. The summed E-state index contributed by atoms with van der Waals surface area (Å²) in [6.07, 6.45) is 11.5. The zero-order valence-electron chi connectivity index (χ0n) is 18.5. The van der Waals surface area contributed by atoms with E-state index < -0.39 is 11.7 Å². The number of allylic oxidation sites excluding steroid dienone is 2. The highest BCUT2D eigenvalue weighted by molar-refractivity contribution is 5.88. The predicted molar refractivity (Wildman–Crippen MR) is 112 cm³/mol. The Labute approximate surface area is 175 Å². The van der Waals surface area contributed by atoms with Gasteiger partial charge in [0.15, 0.2) is 0 Å². The van der Waals surface area contributed by atoms with Gasteiger partial charge in [0.2, 0.25) is 6.29 Å². The Kier molecular flexibility index (Phi) is 5.30. The summed E-state index contributed by atoms with van der Waals surface area (Å²) in [5.41, 5.74) is -0.124. The van der Waals surface area contributed by atoms with E-state index in [1.807, 2.05) is 12.2 Å². The smallest absolute Gasteiger partial charge is 0.319 e. The second-order valence-corrected chi connectivity index (χ2v) is 10.9. The molecule has 160 valence electrons. The minimum atomic E-state index is -0.773. The van der Waals surface area contributed by atoms with Gasteiger partial charge in [-0.05, 0) is 60.3 Å². The van der Waals surface area contributed by atoms with E-state index in [1.165, 1.54) is 6.42 Å². The monoisotopic (exact) mass is 400 g/mol. The van der Waals surface area contributed by atoms with Crippen molar-refractivity contribution in [2.24, 2.45) is 40.4 Å². The Morgan fingerprint density at radius 3 is 2.72 bits per heavy atom. The molecule has 0 aromatic carbocycles. The molecule has 7 atom stereocenters. The van der Waals surface area contributed by atoms with Gasteiger partial charge in [-0.25, -0.2) is 0 Å². The summed E-state index contributed by atoms with van der Waals surface area (Å²) >= 11 is 0. The largest absolute Gasteiger partial charge is 0.434 e. The highest BCUT2D eigenvalue weighted by atomic mass is 16.7. The van der Waals surface area contributed by atoms with Crippen molar-refractivity contribution in [1.82, 2.24) is 0 Å². The van der Waals surface area contributed by atoms with Crippen molar-refractivity contribution in [3.05, 3.63) is 23.8 Å². The predicted octanol–water partition coefficient (Wildman–Crippen LogP) is 5.08. The van der Waals surface area contributed by atoms with Crippen molar-refractivity contribution in [2.75, 3.05) is 0 Å². The van der Waals surface area contributed by atoms with Gasteiger partial charge in [-0.2, -0.15) is 0 Å². The first-order valence-electron chi connectivity index (χ1n) is 11.4. The van der Waals surface area contributed by atoms with E-state index in [9.17, 15) is 9.59 Å². The van der Waals surface area contributed by atoms with Crippen LogP contribution in [-0.4, -0.2) is 24.6 Å². The van der Waals surface area contributed by atoms with Gasteiger partial charge >= 0.3 is 5.97 Å². The Bertz CT molecular complexity index is 733. The van der Waals surface area contributed by atoms with Gasteiger partial charge in [0.05, 0.1) is 12.0 Å². The van der Waals surface area contributed by atoms with Crippen LogP contribution in [0.5, 0.6) is 0 Å². The Hall–Kier alpha value is -1.42. The second-order valence-electron chi connectivity index (χ2n) is 10.9. The molecule has 1 heterocycles. The van der Waals surface area contributed by atoms with E-state index in [4.69, 9.17) is 9.47 Å². The summed E-state index contributed by atoms with van der Waals surface area (Å²) in [4.78, 5) is 25.3. The number of hydrogen-bond donors (Lipinski definition) is 0. The lowest BCUT2D eigenvalue weighted by Gasteiger charge is -2.50. The molecule has 0 bridgehead atoms. The third-order valence-corrected chi connectivity index (χ3v) is 8.28. The number of carbonyl (C=O) groups excluding carboxylic acids is 2. The summed E-state index contributed by atoms with van der Waals surface area (Å²) in [6.45, 7) is 11.2. The van der Waals surface area contributed by atoms with Gasteiger partial charge in [0.25, 0.3) is 0 Å². The van der Waals surface area contributed by atoms with E-state index in [1.54, 1.807) is 0 Å². The maximum atomic E-state index is 13.3. The molecule has 1 aliphatic heterocycles. The topological polar surface area (TPSA) is 52.6 Å². The molecule has 0 N–H and O–H groups in total. The average molecular weight is 401 g/mol. The number of esters is 1. The number of carbonyl (C=O) groups is 2.